The molecule has 0 unspecified atom stereocenters. The first-order valence-electron chi connectivity index (χ1n) is 5.63. The second kappa shape index (κ2) is 5.51. The van der Waals surface area contributed by atoms with Crippen molar-refractivity contribution in [1.82, 2.24) is 4.57 Å². The first-order chi connectivity index (χ1) is 7.81. The number of aryl methyl sites for hydroxylation is 1. The van der Waals surface area contributed by atoms with Gasteiger partial charge in [0.25, 0.3) is 0 Å². The van der Waals surface area contributed by atoms with Crippen molar-refractivity contribution in [2.45, 2.75) is 19.9 Å². The summed E-state index contributed by atoms with van der Waals surface area (Å²) in [5.74, 6) is 0. The van der Waals surface area contributed by atoms with Crippen molar-refractivity contribution in [3.05, 3.63) is 34.9 Å². The molecule has 0 N–H and O–H groups in total. The van der Waals surface area contributed by atoms with Gasteiger partial charge in [0.05, 0.1) is 0 Å². The predicted octanol–water partition coefficient (Wildman–Crippen LogP) is 3.83. The van der Waals surface area contributed by atoms with Crippen LogP contribution in [0.3, 0.4) is 0 Å². The van der Waals surface area contributed by atoms with Gasteiger partial charge in [0, 0.05) is 35.9 Å². The van der Waals surface area contributed by atoms with Crippen molar-refractivity contribution < 1.29 is 4.74 Å². The summed E-state index contributed by atoms with van der Waals surface area (Å²) in [6.07, 6.45) is 3.20. The van der Waals surface area contributed by atoms with Crippen LogP contribution in [0, 0.1) is 0 Å². The van der Waals surface area contributed by atoms with Crippen LogP contribution >= 0.6 is 15.9 Å². The molecule has 0 saturated heterocycles. The van der Waals surface area contributed by atoms with Gasteiger partial charge in [-0.2, -0.15) is 0 Å². The van der Waals surface area contributed by atoms with Crippen LogP contribution in [0.5, 0.6) is 0 Å². The number of hydrogen-bond donors (Lipinski definition) is 0. The molecule has 0 aliphatic rings. The summed E-state index contributed by atoms with van der Waals surface area (Å²) in [5, 5.41) is 1.29. The number of hydrogen-bond acceptors (Lipinski definition) is 1. The lowest BCUT2D eigenvalue weighted by Gasteiger charge is -2.05. The summed E-state index contributed by atoms with van der Waals surface area (Å²) in [7, 11) is 0. The zero-order valence-electron chi connectivity index (χ0n) is 9.45. The molecule has 0 bridgehead atoms. The number of aromatic nitrogens is 1. The molecular formula is C13H16BrNO. The van der Waals surface area contributed by atoms with Crippen molar-refractivity contribution >= 4 is 26.8 Å². The molecular weight excluding hydrogens is 266 g/mol. The Balaban J connectivity index is 2.09. The van der Waals surface area contributed by atoms with Crippen molar-refractivity contribution in [2.75, 3.05) is 13.2 Å². The second-order valence-corrected chi connectivity index (χ2v) is 4.68. The van der Waals surface area contributed by atoms with Crippen LogP contribution in [0.25, 0.3) is 10.9 Å². The molecule has 2 aromatic rings. The molecule has 16 heavy (non-hydrogen) atoms. The zero-order chi connectivity index (χ0) is 11.4. The Morgan fingerprint density at radius 1 is 1.31 bits per heavy atom. The molecule has 0 atom stereocenters. The standard InChI is InChI=1S/C13H16BrNO/c1-2-16-9-3-7-15-8-6-11-4-5-12(14)10-13(11)15/h4-6,8,10H,2-3,7,9H2,1H3. The lowest BCUT2D eigenvalue weighted by Crippen LogP contribution is -2.01. The smallest absolute Gasteiger partial charge is 0.0491 e. The van der Waals surface area contributed by atoms with E-state index in [9.17, 15) is 0 Å². The summed E-state index contributed by atoms with van der Waals surface area (Å²) in [5.41, 5.74) is 1.28. The van der Waals surface area contributed by atoms with E-state index < -0.39 is 0 Å². The maximum absolute atomic E-state index is 5.34. The predicted molar refractivity (Wildman–Crippen MR) is 70.7 cm³/mol. The van der Waals surface area contributed by atoms with Crippen LogP contribution in [-0.4, -0.2) is 17.8 Å². The summed E-state index contributed by atoms with van der Waals surface area (Å²) in [4.78, 5) is 0. The Labute approximate surface area is 104 Å². The topological polar surface area (TPSA) is 14.2 Å². The third kappa shape index (κ3) is 2.66. The largest absolute Gasteiger partial charge is 0.382 e. The molecule has 0 radical (unpaired) electrons. The van der Waals surface area contributed by atoms with Gasteiger partial charge in [0.15, 0.2) is 0 Å². The van der Waals surface area contributed by atoms with Gasteiger partial charge >= 0.3 is 0 Å². The fourth-order valence-electron chi connectivity index (χ4n) is 1.83. The summed E-state index contributed by atoms with van der Waals surface area (Å²) in [6, 6.07) is 8.53. The average molecular weight is 282 g/mol. The molecule has 1 heterocycles. The molecule has 3 heteroatoms. The lowest BCUT2D eigenvalue weighted by atomic mass is 10.2. The maximum atomic E-state index is 5.34. The van der Waals surface area contributed by atoms with Crippen LogP contribution in [-0.2, 0) is 11.3 Å². The van der Waals surface area contributed by atoms with Gasteiger partial charge in [0.2, 0.25) is 0 Å². The van der Waals surface area contributed by atoms with Gasteiger partial charge in [-0.15, -0.1) is 0 Å². The molecule has 0 amide bonds. The average Bonchev–Trinajstić information content (AvgIpc) is 2.67. The second-order valence-electron chi connectivity index (χ2n) is 3.76. The summed E-state index contributed by atoms with van der Waals surface area (Å²) in [6.45, 7) is 4.68. The zero-order valence-corrected chi connectivity index (χ0v) is 11.0. The minimum Gasteiger partial charge on any atom is -0.382 e. The minimum atomic E-state index is 0.804. The SMILES string of the molecule is CCOCCCn1ccc2ccc(Br)cc21. The van der Waals surface area contributed by atoms with Crippen LogP contribution in [0.15, 0.2) is 34.9 Å². The Bertz CT molecular complexity index is 464. The van der Waals surface area contributed by atoms with Crippen LogP contribution < -0.4 is 0 Å². The lowest BCUT2D eigenvalue weighted by molar-refractivity contribution is 0.142. The fourth-order valence-corrected chi connectivity index (χ4v) is 2.18. The van der Waals surface area contributed by atoms with Crippen molar-refractivity contribution in [3.63, 3.8) is 0 Å². The molecule has 0 fully saturated rings. The van der Waals surface area contributed by atoms with E-state index in [-0.39, 0.29) is 0 Å². The van der Waals surface area contributed by atoms with Gasteiger partial charge in [-0.05, 0) is 36.9 Å². The van der Waals surface area contributed by atoms with Gasteiger partial charge in [0.1, 0.15) is 0 Å². The van der Waals surface area contributed by atoms with E-state index in [4.69, 9.17) is 4.74 Å². The van der Waals surface area contributed by atoms with E-state index in [1.54, 1.807) is 0 Å². The summed E-state index contributed by atoms with van der Waals surface area (Å²) < 4.78 is 8.75. The molecule has 0 aliphatic heterocycles. The van der Waals surface area contributed by atoms with Crippen LogP contribution in [0.4, 0.5) is 0 Å². The van der Waals surface area contributed by atoms with Crippen LogP contribution in [0.2, 0.25) is 0 Å². The molecule has 0 aliphatic carbocycles. The maximum Gasteiger partial charge on any atom is 0.0491 e. The van der Waals surface area contributed by atoms with E-state index in [0.29, 0.717) is 0 Å². The molecule has 1 aromatic carbocycles. The van der Waals surface area contributed by atoms with Crippen molar-refractivity contribution in [1.29, 1.82) is 0 Å². The van der Waals surface area contributed by atoms with Gasteiger partial charge in [-0.3, -0.25) is 0 Å². The van der Waals surface area contributed by atoms with E-state index >= 15 is 0 Å². The fraction of sp³-hybridized carbons (Fsp3) is 0.385. The highest BCUT2D eigenvalue weighted by Crippen LogP contribution is 2.21. The van der Waals surface area contributed by atoms with Crippen molar-refractivity contribution in [2.24, 2.45) is 0 Å². The molecule has 1 aromatic heterocycles. The Morgan fingerprint density at radius 2 is 2.19 bits per heavy atom. The van der Waals surface area contributed by atoms with E-state index in [2.05, 4.69) is 51.0 Å². The Hall–Kier alpha value is -0.800. The normalized spacial score (nSPS) is 11.1. The third-order valence-electron chi connectivity index (χ3n) is 2.63. The molecule has 0 saturated carbocycles. The number of rotatable bonds is 5. The monoisotopic (exact) mass is 281 g/mol. The molecule has 2 rings (SSSR count). The van der Waals surface area contributed by atoms with Gasteiger partial charge in [-0.1, -0.05) is 22.0 Å². The highest BCUT2D eigenvalue weighted by Gasteiger charge is 2.01. The van der Waals surface area contributed by atoms with Gasteiger partial charge in [-0.25, -0.2) is 0 Å². The van der Waals surface area contributed by atoms with E-state index in [1.165, 1.54) is 10.9 Å². The molecule has 2 nitrogen and oxygen atoms in total. The minimum absolute atomic E-state index is 0.804. The highest BCUT2D eigenvalue weighted by molar-refractivity contribution is 9.10. The van der Waals surface area contributed by atoms with Gasteiger partial charge < -0.3 is 9.30 Å². The van der Waals surface area contributed by atoms with E-state index in [1.807, 2.05) is 6.92 Å². The first kappa shape index (κ1) is 11.7. The Morgan fingerprint density at radius 3 is 3.00 bits per heavy atom. The number of halogens is 1. The first-order valence-corrected chi connectivity index (χ1v) is 6.42. The summed E-state index contributed by atoms with van der Waals surface area (Å²) >= 11 is 3.51. The quantitative estimate of drug-likeness (QED) is 0.760. The number of ether oxygens (including phenoxy) is 1. The Kier molecular flexibility index (Phi) is 4.02. The highest BCUT2D eigenvalue weighted by atomic mass is 79.9. The third-order valence-corrected chi connectivity index (χ3v) is 3.12. The number of fused-ring (bicyclic) bond motifs is 1. The van der Waals surface area contributed by atoms with E-state index in [0.717, 1.165) is 30.7 Å². The number of nitrogens with zero attached hydrogens (tertiary/aromatic N) is 1. The molecule has 86 valence electrons. The number of benzene rings is 1. The van der Waals surface area contributed by atoms with Crippen LogP contribution in [0.1, 0.15) is 13.3 Å². The molecule has 0 spiro atoms. The van der Waals surface area contributed by atoms with Crippen molar-refractivity contribution in [3.8, 4) is 0 Å².